The van der Waals surface area contributed by atoms with Crippen molar-refractivity contribution in [2.45, 2.75) is 12.2 Å². The van der Waals surface area contributed by atoms with E-state index in [2.05, 4.69) is 5.32 Å². The van der Waals surface area contributed by atoms with E-state index >= 15 is 0 Å². The van der Waals surface area contributed by atoms with Gasteiger partial charge in [0.2, 0.25) is 0 Å². The van der Waals surface area contributed by atoms with Crippen molar-refractivity contribution in [2.24, 2.45) is 0 Å². The molecular weight excluding hydrogens is 357 g/mol. The number of halogens is 3. The lowest BCUT2D eigenvalue weighted by Crippen LogP contribution is -3.14. The number of morpholine rings is 1. The molecule has 1 aliphatic heterocycles. The summed E-state index contributed by atoms with van der Waals surface area (Å²) >= 11 is 0. The number of benzene rings is 2. The summed E-state index contributed by atoms with van der Waals surface area (Å²) in [5, 5.41) is 2.97. The molecule has 2 aromatic carbocycles. The van der Waals surface area contributed by atoms with Crippen molar-refractivity contribution in [3.05, 3.63) is 71.3 Å². The molecule has 1 saturated heterocycles. The molecule has 0 aliphatic carbocycles. The van der Waals surface area contributed by atoms with Gasteiger partial charge in [0, 0.05) is 5.56 Å². The maximum atomic E-state index is 12.7. The highest BCUT2D eigenvalue weighted by Gasteiger charge is 2.30. The van der Waals surface area contributed by atoms with Crippen LogP contribution in [0.3, 0.4) is 0 Å². The Hall–Kier alpha value is -2.38. The second-order valence-electron chi connectivity index (χ2n) is 6.58. The Labute approximate surface area is 155 Å². The average molecular weight is 379 g/mol. The maximum absolute atomic E-state index is 12.7. The van der Waals surface area contributed by atoms with Crippen molar-refractivity contribution in [1.82, 2.24) is 5.32 Å². The fourth-order valence-electron chi connectivity index (χ4n) is 3.14. The summed E-state index contributed by atoms with van der Waals surface area (Å²) in [7, 11) is 0. The summed E-state index contributed by atoms with van der Waals surface area (Å²) in [6.07, 6.45) is -4.42. The Bertz CT molecular complexity index is 742. The highest BCUT2D eigenvalue weighted by Crippen LogP contribution is 2.29. The first-order chi connectivity index (χ1) is 12.9. The third-order valence-electron chi connectivity index (χ3n) is 4.67. The van der Waals surface area contributed by atoms with Crippen LogP contribution in [0.5, 0.6) is 0 Å². The van der Waals surface area contributed by atoms with Crippen LogP contribution < -0.4 is 10.2 Å². The second-order valence-corrected chi connectivity index (χ2v) is 6.58. The van der Waals surface area contributed by atoms with Gasteiger partial charge >= 0.3 is 6.18 Å². The van der Waals surface area contributed by atoms with Crippen LogP contribution in [0.25, 0.3) is 0 Å². The minimum absolute atomic E-state index is 0.209. The van der Waals surface area contributed by atoms with E-state index in [0.29, 0.717) is 19.8 Å². The SMILES string of the molecule is O=C(N[C@H](C[NH+]1CCOCC1)c1ccccc1)c1ccc(C(F)(F)F)cc1. The fraction of sp³-hybridized carbons (Fsp3) is 0.350. The summed E-state index contributed by atoms with van der Waals surface area (Å²) in [6, 6.07) is 13.6. The Kier molecular flexibility index (Phi) is 6.13. The Balaban J connectivity index is 1.73. The van der Waals surface area contributed by atoms with Gasteiger partial charge in [0.05, 0.1) is 18.8 Å². The number of amides is 1. The molecule has 0 aromatic heterocycles. The van der Waals surface area contributed by atoms with Crippen LogP contribution in [0.4, 0.5) is 13.2 Å². The van der Waals surface area contributed by atoms with Gasteiger partial charge in [-0.1, -0.05) is 30.3 Å². The fourth-order valence-corrected chi connectivity index (χ4v) is 3.14. The highest BCUT2D eigenvalue weighted by atomic mass is 19.4. The van der Waals surface area contributed by atoms with Gasteiger partial charge in [-0.25, -0.2) is 0 Å². The molecule has 4 nitrogen and oxygen atoms in total. The zero-order chi connectivity index (χ0) is 19.3. The molecule has 3 rings (SSSR count). The van der Waals surface area contributed by atoms with E-state index in [-0.39, 0.29) is 17.5 Å². The topological polar surface area (TPSA) is 42.8 Å². The van der Waals surface area contributed by atoms with Gasteiger partial charge in [0.25, 0.3) is 5.91 Å². The van der Waals surface area contributed by atoms with Gasteiger partial charge < -0.3 is 15.0 Å². The number of hydrogen-bond donors (Lipinski definition) is 2. The first kappa shape index (κ1) is 19.4. The van der Waals surface area contributed by atoms with Crippen molar-refractivity contribution < 1.29 is 27.6 Å². The van der Waals surface area contributed by atoms with Crippen LogP contribution in [-0.2, 0) is 10.9 Å². The number of rotatable bonds is 5. The third-order valence-corrected chi connectivity index (χ3v) is 4.67. The highest BCUT2D eigenvalue weighted by molar-refractivity contribution is 5.94. The van der Waals surface area contributed by atoms with Crippen molar-refractivity contribution in [3.8, 4) is 0 Å². The largest absolute Gasteiger partial charge is 0.416 e. The van der Waals surface area contributed by atoms with Crippen molar-refractivity contribution in [1.29, 1.82) is 0 Å². The average Bonchev–Trinajstić information content (AvgIpc) is 2.68. The van der Waals surface area contributed by atoms with Crippen molar-refractivity contribution >= 4 is 5.91 Å². The van der Waals surface area contributed by atoms with Crippen LogP contribution in [0, 0.1) is 0 Å². The number of alkyl halides is 3. The van der Waals surface area contributed by atoms with Gasteiger partial charge in [-0.05, 0) is 29.8 Å². The zero-order valence-corrected chi connectivity index (χ0v) is 14.8. The monoisotopic (exact) mass is 379 g/mol. The third kappa shape index (κ3) is 5.30. The van der Waals surface area contributed by atoms with Crippen LogP contribution in [0.1, 0.15) is 27.5 Å². The van der Waals surface area contributed by atoms with E-state index in [1.165, 1.54) is 17.0 Å². The molecule has 27 heavy (non-hydrogen) atoms. The predicted molar refractivity (Wildman–Crippen MR) is 94.5 cm³/mol. The Morgan fingerprint density at radius 2 is 1.67 bits per heavy atom. The molecule has 0 unspecified atom stereocenters. The second kappa shape index (κ2) is 8.54. The molecule has 1 amide bonds. The van der Waals surface area contributed by atoms with E-state index in [1.54, 1.807) is 0 Å². The van der Waals surface area contributed by atoms with Gasteiger partial charge in [-0.2, -0.15) is 13.2 Å². The smallest absolute Gasteiger partial charge is 0.370 e. The van der Waals surface area contributed by atoms with Gasteiger partial charge in [0.15, 0.2) is 0 Å². The lowest BCUT2D eigenvalue weighted by molar-refractivity contribution is -0.909. The van der Waals surface area contributed by atoms with Crippen LogP contribution in [0.2, 0.25) is 0 Å². The lowest BCUT2D eigenvalue weighted by atomic mass is 10.0. The first-order valence-corrected chi connectivity index (χ1v) is 8.88. The molecule has 2 aromatic rings. The summed E-state index contributed by atoms with van der Waals surface area (Å²) in [6.45, 7) is 3.78. The van der Waals surface area contributed by atoms with Crippen molar-refractivity contribution in [2.75, 3.05) is 32.8 Å². The van der Waals surface area contributed by atoms with Crippen LogP contribution >= 0.6 is 0 Å². The van der Waals surface area contributed by atoms with E-state index in [1.807, 2.05) is 30.3 Å². The van der Waals surface area contributed by atoms with Gasteiger partial charge in [-0.15, -0.1) is 0 Å². The van der Waals surface area contributed by atoms with E-state index < -0.39 is 11.7 Å². The number of carbonyl (C=O) groups is 1. The molecule has 144 valence electrons. The molecule has 0 saturated carbocycles. The predicted octanol–water partition coefficient (Wildman–Crippen LogP) is 2.09. The molecule has 0 bridgehead atoms. The van der Waals surface area contributed by atoms with E-state index in [0.717, 1.165) is 30.8 Å². The van der Waals surface area contributed by atoms with Gasteiger partial charge in [0.1, 0.15) is 25.7 Å². The van der Waals surface area contributed by atoms with E-state index in [9.17, 15) is 18.0 Å². The molecule has 1 atom stereocenters. The summed E-state index contributed by atoms with van der Waals surface area (Å²) in [4.78, 5) is 13.9. The summed E-state index contributed by atoms with van der Waals surface area (Å²) in [5.41, 5.74) is 0.411. The molecule has 0 radical (unpaired) electrons. The Morgan fingerprint density at radius 1 is 1.04 bits per heavy atom. The molecule has 1 fully saturated rings. The first-order valence-electron chi connectivity index (χ1n) is 8.88. The number of ether oxygens (including phenoxy) is 1. The molecule has 7 heteroatoms. The van der Waals surface area contributed by atoms with Crippen LogP contribution in [0.15, 0.2) is 54.6 Å². The maximum Gasteiger partial charge on any atom is 0.416 e. The number of carbonyl (C=O) groups excluding carboxylic acids is 1. The quantitative estimate of drug-likeness (QED) is 0.836. The molecule has 2 N–H and O–H groups in total. The van der Waals surface area contributed by atoms with Crippen molar-refractivity contribution in [3.63, 3.8) is 0 Å². The molecular formula is C20H22F3N2O2+. The standard InChI is InChI=1S/C20H21F3N2O2/c21-20(22,23)17-8-6-16(7-9-17)19(26)24-18(15-4-2-1-3-5-15)14-25-10-12-27-13-11-25/h1-9,18H,10-14H2,(H,24,26)/p+1/t18-/m1/s1. The minimum Gasteiger partial charge on any atom is -0.370 e. The number of hydrogen-bond acceptors (Lipinski definition) is 2. The van der Waals surface area contributed by atoms with Gasteiger partial charge in [-0.3, -0.25) is 4.79 Å². The minimum atomic E-state index is -4.42. The normalized spacial score (nSPS) is 16.7. The summed E-state index contributed by atoms with van der Waals surface area (Å²) in [5.74, 6) is -0.384. The van der Waals surface area contributed by atoms with Crippen LogP contribution in [-0.4, -0.2) is 38.8 Å². The molecule has 0 spiro atoms. The number of nitrogens with one attached hydrogen (secondary N) is 2. The molecule has 1 heterocycles. The Morgan fingerprint density at radius 3 is 2.26 bits per heavy atom. The lowest BCUT2D eigenvalue weighted by Gasteiger charge is -2.28. The summed E-state index contributed by atoms with van der Waals surface area (Å²) < 4.78 is 43.5. The molecule has 1 aliphatic rings. The zero-order valence-electron chi connectivity index (χ0n) is 14.8. The number of quaternary nitrogens is 1. The van der Waals surface area contributed by atoms with E-state index in [4.69, 9.17) is 4.74 Å².